The SMILES string of the molecule is COc1cc(F)ccc1-n1ncc2c(N3C[C@@H]4C[C@H]3C(=O)N(C)C[C@H](OC)Cn3c(C)nc5cc(F)cc(c53)-c3cccc(n3)O4)ncnc21. The largest absolute Gasteiger partial charge is 0.494 e. The molecule has 6 heterocycles. The zero-order valence-electron chi connectivity index (χ0n) is 27.7. The second-order valence-corrected chi connectivity index (χ2v) is 12.5. The molecule has 15 heteroatoms. The first kappa shape index (κ1) is 31.6. The van der Waals surface area contributed by atoms with Gasteiger partial charge in [0.2, 0.25) is 11.8 Å². The van der Waals surface area contributed by atoms with Crippen molar-refractivity contribution in [3.05, 3.63) is 78.5 Å². The molecule has 50 heavy (non-hydrogen) atoms. The number of benzene rings is 2. The Bertz CT molecular complexity index is 2270. The highest BCUT2D eigenvalue weighted by atomic mass is 19.1. The Balaban J connectivity index is 1.22. The van der Waals surface area contributed by atoms with E-state index in [0.29, 0.717) is 70.5 Å². The van der Waals surface area contributed by atoms with Gasteiger partial charge in [0.1, 0.15) is 53.2 Å². The van der Waals surface area contributed by atoms with Crippen LogP contribution in [-0.2, 0) is 16.1 Å². The van der Waals surface area contributed by atoms with Gasteiger partial charge in [-0.1, -0.05) is 6.07 Å². The molecular formula is C35H33F2N9O4. The lowest BCUT2D eigenvalue weighted by Crippen LogP contribution is -2.47. The van der Waals surface area contributed by atoms with Crippen LogP contribution >= 0.6 is 0 Å². The van der Waals surface area contributed by atoms with Crippen molar-refractivity contribution < 1.29 is 27.8 Å². The van der Waals surface area contributed by atoms with E-state index in [1.807, 2.05) is 28.5 Å². The molecule has 13 nitrogen and oxygen atoms in total. The number of ether oxygens (including phenoxy) is 3. The zero-order chi connectivity index (χ0) is 34.7. The van der Waals surface area contributed by atoms with Crippen molar-refractivity contribution in [2.45, 2.75) is 38.1 Å². The van der Waals surface area contributed by atoms with E-state index < -0.39 is 29.9 Å². The summed E-state index contributed by atoms with van der Waals surface area (Å²) in [6.07, 6.45) is 2.50. The quantitative estimate of drug-likeness (QED) is 0.266. The highest BCUT2D eigenvalue weighted by molar-refractivity contribution is 5.93. The molecule has 1 amide bonds. The standard InChI is InChI=1S/C35H33F2N9O4/c1-19-41-27-11-21(37)10-24-26-6-5-7-31(42-26)50-22-13-29(35(47)43(2)15-23(48-3)17-44(19)32(24)27)45(16-22)33-25-14-40-46(34(25)39-18-38-33)28-9-8-20(36)12-30(28)49-4/h5-12,14,18,22-23,29H,13,15-17H2,1-4H3/t22-,23-,29-/m0/s1. The third-order valence-electron chi connectivity index (χ3n) is 9.39. The molecule has 1 saturated heterocycles. The van der Waals surface area contributed by atoms with Crippen LogP contribution in [0.15, 0.2) is 61.1 Å². The Morgan fingerprint density at radius 2 is 1.84 bits per heavy atom. The van der Waals surface area contributed by atoms with Crippen LogP contribution in [0.2, 0.25) is 0 Å². The van der Waals surface area contributed by atoms with Crippen molar-refractivity contribution in [1.82, 2.24) is 39.2 Å². The molecule has 0 saturated carbocycles. The van der Waals surface area contributed by atoms with Crippen molar-refractivity contribution in [3.8, 4) is 28.6 Å². The number of carbonyl (C=O) groups excluding carboxylic acids is 1. The number of hydrogen-bond acceptors (Lipinski definition) is 10. The fourth-order valence-corrected chi connectivity index (χ4v) is 7.04. The second-order valence-electron chi connectivity index (χ2n) is 12.5. The summed E-state index contributed by atoms with van der Waals surface area (Å²) in [5.41, 5.74) is 3.27. The molecule has 2 aromatic carbocycles. The molecule has 2 aliphatic rings. The molecule has 4 aromatic heterocycles. The van der Waals surface area contributed by atoms with Crippen LogP contribution in [0.4, 0.5) is 14.6 Å². The third kappa shape index (κ3) is 5.33. The van der Waals surface area contributed by atoms with E-state index in [1.165, 1.54) is 37.7 Å². The van der Waals surface area contributed by atoms with E-state index in [0.717, 1.165) is 5.52 Å². The maximum Gasteiger partial charge on any atom is 0.245 e. The monoisotopic (exact) mass is 681 g/mol. The number of aromatic nitrogens is 7. The normalized spacial score (nSPS) is 19.5. The molecule has 8 rings (SSSR count). The lowest BCUT2D eigenvalue weighted by atomic mass is 10.1. The second kappa shape index (κ2) is 12.3. The molecule has 2 aliphatic heterocycles. The number of hydrogen-bond donors (Lipinski definition) is 0. The molecule has 6 aromatic rings. The Morgan fingerprint density at radius 3 is 2.66 bits per heavy atom. The van der Waals surface area contributed by atoms with Crippen LogP contribution < -0.4 is 14.4 Å². The lowest BCUT2D eigenvalue weighted by molar-refractivity contribution is -0.133. The summed E-state index contributed by atoms with van der Waals surface area (Å²) in [6, 6.07) is 11.7. The van der Waals surface area contributed by atoms with Gasteiger partial charge in [-0.05, 0) is 31.2 Å². The number of rotatable bonds is 4. The van der Waals surface area contributed by atoms with Crippen molar-refractivity contribution in [2.75, 3.05) is 39.3 Å². The highest BCUT2D eigenvalue weighted by Crippen LogP contribution is 2.36. The van der Waals surface area contributed by atoms with Crippen LogP contribution in [0.25, 0.3) is 39.0 Å². The van der Waals surface area contributed by atoms with Crippen LogP contribution in [0.1, 0.15) is 12.2 Å². The first-order chi connectivity index (χ1) is 24.2. The van der Waals surface area contributed by atoms with Crippen LogP contribution in [0.5, 0.6) is 11.6 Å². The fourth-order valence-electron chi connectivity index (χ4n) is 7.04. The maximum absolute atomic E-state index is 14.9. The zero-order valence-corrected chi connectivity index (χ0v) is 27.7. The van der Waals surface area contributed by atoms with Crippen molar-refractivity contribution in [2.24, 2.45) is 0 Å². The highest BCUT2D eigenvalue weighted by Gasteiger charge is 2.42. The average Bonchev–Trinajstić information content (AvgIpc) is 3.82. The minimum Gasteiger partial charge on any atom is -0.494 e. The summed E-state index contributed by atoms with van der Waals surface area (Å²) in [5, 5.41) is 5.14. The minimum absolute atomic E-state index is 0.149. The maximum atomic E-state index is 14.9. The number of carbonyl (C=O) groups is 1. The van der Waals surface area contributed by atoms with Gasteiger partial charge in [-0.25, -0.2) is 33.4 Å². The lowest BCUT2D eigenvalue weighted by Gasteiger charge is -2.30. The number of anilines is 1. The van der Waals surface area contributed by atoms with Gasteiger partial charge in [-0.15, -0.1) is 0 Å². The summed E-state index contributed by atoms with van der Waals surface area (Å²) in [5.74, 6) is 0.767. The van der Waals surface area contributed by atoms with E-state index in [1.54, 1.807) is 42.1 Å². The predicted octanol–water partition coefficient (Wildman–Crippen LogP) is 4.34. The summed E-state index contributed by atoms with van der Waals surface area (Å²) >= 11 is 0. The van der Waals surface area contributed by atoms with Crippen molar-refractivity contribution >= 4 is 33.8 Å². The van der Waals surface area contributed by atoms with Gasteiger partial charge < -0.3 is 28.6 Å². The van der Waals surface area contributed by atoms with E-state index in [9.17, 15) is 13.6 Å². The van der Waals surface area contributed by atoms with E-state index in [-0.39, 0.29) is 18.2 Å². The molecule has 0 unspecified atom stereocenters. The third-order valence-corrected chi connectivity index (χ3v) is 9.39. The van der Waals surface area contributed by atoms with Gasteiger partial charge in [0.05, 0.1) is 54.6 Å². The van der Waals surface area contributed by atoms with E-state index in [4.69, 9.17) is 19.2 Å². The van der Waals surface area contributed by atoms with Gasteiger partial charge in [0.25, 0.3) is 0 Å². The molecule has 0 radical (unpaired) electrons. The Hall–Kier alpha value is -5.70. The average molecular weight is 682 g/mol. The Morgan fingerprint density at radius 1 is 0.980 bits per heavy atom. The number of imidazole rings is 1. The predicted molar refractivity (Wildman–Crippen MR) is 179 cm³/mol. The molecule has 4 bridgehead atoms. The molecule has 0 N–H and O–H groups in total. The van der Waals surface area contributed by atoms with Gasteiger partial charge in [-0.2, -0.15) is 5.10 Å². The first-order valence-corrected chi connectivity index (χ1v) is 16.1. The number of fused-ring (bicyclic) bond motifs is 6. The van der Waals surface area contributed by atoms with Crippen LogP contribution in [0, 0.1) is 18.6 Å². The number of amides is 1. The first-order valence-electron chi connectivity index (χ1n) is 16.1. The van der Waals surface area contributed by atoms with Crippen LogP contribution in [0.3, 0.4) is 0 Å². The van der Waals surface area contributed by atoms with Crippen molar-refractivity contribution in [1.29, 1.82) is 0 Å². The summed E-state index contributed by atoms with van der Waals surface area (Å²) in [6.45, 7) is 2.80. The van der Waals surface area contributed by atoms with Gasteiger partial charge in [0.15, 0.2) is 5.65 Å². The number of aryl methyl sites for hydroxylation is 1. The summed E-state index contributed by atoms with van der Waals surface area (Å²) < 4.78 is 50.3. The summed E-state index contributed by atoms with van der Waals surface area (Å²) in [4.78, 5) is 36.5. The Labute approximate surface area is 285 Å². The van der Waals surface area contributed by atoms with E-state index in [2.05, 4.69) is 20.1 Å². The van der Waals surface area contributed by atoms with E-state index >= 15 is 0 Å². The molecule has 3 atom stereocenters. The minimum atomic E-state index is -0.661. The molecule has 1 fully saturated rings. The Kier molecular flexibility index (Phi) is 7.78. The molecule has 0 aliphatic carbocycles. The number of methoxy groups -OCH3 is 2. The number of pyridine rings is 1. The fraction of sp³-hybridized carbons (Fsp3) is 0.314. The number of nitrogens with zero attached hydrogens (tertiary/aromatic N) is 9. The van der Waals surface area contributed by atoms with Gasteiger partial charge >= 0.3 is 0 Å². The number of likely N-dealkylation sites (N-methyl/N-ethyl adjacent to an activating group) is 1. The van der Waals surface area contributed by atoms with Crippen molar-refractivity contribution in [3.63, 3.8) is 0 Å². The number of halogens is 2. The van der Waals surface area contributed by atoms with Gasteiger partial charge in [-0.3, -0.25) is 4.79 Å². The smallest absolute Gasteiger partial charge is 0.245 e. The topological polar surface area (TPSA) is 126 Å². The molecule has 0 spiro atoms. The van der Waals surface area contributed by atoms with Gasteiger partial charge in [0, 0.05) is 50.9 Å². The van der Waals surface area contributed by atoms with Crippen LogP contribution in [-0.4, -0.2) is 97.7 Å². The molecule has 256 valence electrons. The molecular weight excluding hydrogens is 648 g/mol. The summed E-state index contributed by atoms with van der Waals surface area (Å²) in [7, 11) is 4.81.